The number of pyridine rings is 1. The normalized spacial score (nSPS) is 31.3. The summed E-state index contributed by atoms with van der Waals surface area (Å²) in [7, 11) is 0. The fourth-order valence-corrected chi connectivity index (χ4v) is 3.37. The van der Waals surface area contributed by atoms with Crippen LogP contribution in [0.5, 0.6) is 0 Å². The van der Waals surface area contributed by atoms with Crippen LogP contribution in [0.3, 0.4) is 0 Å². The molecule has 0 saturated carbocycles. The molecule has 0 aliphatic carbocycles. The van der Waals surface area contributed by atoms with E-state index in [-0.39, 0.29) is 0 Å². The zero-order chi connectivity index (χ0) is 11.9. The standard InChI is InChI=1S/C14H21N3/c1-14(2)10-16-12-9-17(8-6-11(12)14)13-5-3-4-7-15-13/h3-5,7,11-12,16H,6,8-10H2,1-2H3. The Morgan fingerprint density at radius 3 is 3.06 bits per heavy atom. The summed E-state index contributed by atoms with van der Waals surface area (Å²) in [6.07, 6.45) is 3.16. The first-order valence-corrected chi connectivity index (χ1v) is 6.56. The van der Waals surface area contributed by atoms with Crippen LogP contribution in [0.25, 0.3) is 0 Å². The van der Waals surface area contributed by atoms with E-state index in [4.69, 9.17) is 0 Å². The van der Waals surface area contributed by atoms with Gasteiger partial charge in [0.2, 0.25) is 0 Å². The number of anilines is 1. The molecule has 0 aromatic carbocycles. The molecule has 0 spiro atoms. The summed E-state index contributed by atoms with van der Waals surface area (Å²) in [5.41, 5.74) is 0.459. The summed E-state index contributed by atoms with van der Waals surface area (Å²) in [5, 5.41) is 3.68. The third-order valence-electron chi connectivity index (χ3n) is 4.41. The molecule has 3 nitrogen and oxygen atoms in total. The first-order chi connectivity index (χ1) is 8.17. The van der Waals surface area contributed by atoms with Crippen molar-refractivity contribution in [1.29, 1.82) is 0 Å². The quantitative estimate of drug-likeness (QED) is 0.800. The van der Waals surface area contributed by atoms with Gasteiger partial charge in [-0.1, -0.05) is 19.9 Å². The minimum Gasteiger partial charge on any atom is -0.355 e. The number of hydrogen-bond acceptors (Lipinski definition) is 3. The van der Waals surface area contributed by atoms with E-state index in [1.807, 2.05) is 12.3 Å². The van der Waals surface area contributed by atoms with Gasteiger partial charge in [-0.2, -0.15) is 0 Å². The fraction of sp³-hybridized carbons (Fsp3) is 0.643. The van der Waals surface area contributed by atoms with Crippen LogP contribution >= 0.6 is 0 Å². The maximum absolute atomic E-state index is 4.45. The van der Waals surface area contributed by atoms with Gasteiger partial charge in [-0.25, -0.2) is 4.98 Å². The molecule has 2 saturated heterocycles. The molecule has 3 heterocycles. The molecule has 0 radical (unpaired) electrons. The number of nitrogens with one attached hydrogen (secondary N) is 1. The van der Waals surface area contributed by atoms with Gasteiger partial charge < -0.3 is 10.2 Å². The van der Waals surface area contributed by atoms with Crippen LogP contribution in [0.15, 0.2) is 24.4 Å². The van der Waals surface area contributed by atoms with Gasteiger partial charge >= 0.3 is 0 Å². The van der Waals surface area contributed by atoms with Gasteiger partial charge in [-0.3, -0.25) is 0 Å². The van der Waals surface area contributed by atoms with Crippen molar-refractivity contribution in [2.45, 2.75) is 26.3 Å². The van der Waals surface area contributed by atoms with Gasteiger partial charge in [0.05, 0.1) is 0 Å². The first kappa shape index (κ1) is 11.0. The Hall–Kier alpha value is -1.09. The molecule has 0 amide bonds. The number of rotatable bonds is 1. The number of nitrogens with zero attached hydrogens (tertiary/aromatic N) is 2. The second kappa shape index (κ2) is 3.98. The van der Waals surface area contributed by atoms with Crippen molar-refractivity contribution in [1.82, 2.24) is 10.3 Å². The predicted molar refractivity (Wildman–Crippen MR) is 70.1 cm³/mol. The van der Waals surface area contributed by atoms with Crippen LogP contribution in [0.4, 0.5) is 5.82 Å². The Balaban J connectivity index is 1.74. The fourth-order valence-electron chi connectivity index (χ4n) is 3.37. The van der Waals surface area contributed by atoms with E-state index in [0.717, 1.165) is 31.4 Å². The van der Waals surface area contributed by atoms with E-state index < -0.39 is 0 Å². The molecule has 0 bridgehead atoms. The summed E-state index contributed by atoms with van der Waals surface area (Å²) in [6, 6.07) is 6.80. The summed E-state index contributed by atoms with van der Waals surface area (Å²) in [5.74, 6) is 1.94. The Morgan fingerprint density at radius 1 is 1.41 bits per heavy atom. The van der Waals surface area contributed by atoms with Crippen LogP contribution in [0, 0.1) is 11.3 Å². The predicted octanol–water partition coefficient (Wildman–Crippen LogP) is 1.91. The van der Waals surface area contributed by atoms with E-state index in [2.05, 4.69) is 41.2 Å². The van der Waals surface area contributed by atoms with Crippen LogP contribution in [-0.2, 0) is 0 Å². The highest BCUT2D eigenvalue weighted by Crippen LogP contribution is 2.39. The van der Waals surface area contributed by atoms with Crippen molar-refractivity contribution in [2.75, 3.05) is 24.5 Å². The van der Waals surface area contributed by atoms with Gasteiger partial charge in [0, 0.05) is 31.9 Å². The van der Waals surface area contributed by atoms with Gasteiger partial charge in [0.25, 0.3) is 0 Å². The topological polar surface area (TPSA) is 28.2 Å². The molecule has 2 unspecified atom stereocenters. The third-order valence-corrected chi connectivity index (χ3v) is 4.41. The summed E-state index contributed by atoms with van der Waals surface area (Å²) < 4.78 is 0. The van der Waals surface area contributed by atoms with E-state index >= 15 is 0 Å². The molecule has 92 valence electrons. The average molecular weight is 231 g/mol. The average Bonchev–Trinajstić information content (AvgIpc) is 2.66. The van der Waals surface area contributed by atoms with E-state index in [1.165, 1.54) is 6.42 Å². The molecular formula is C14H21N3. The molecule has 2 aliphatic heterocycles. The zero-order valence-electron chi connectivity index (χ0n) is 10.7. The van der Waals surface area contributed by atoms with Crippen molar-refractivity contribution in [3.05, 3.63) is 24.4 Å². The summed E-state index contributed by atoms with van der Waals surface area (Å²) >= 11 is 0. The molecule has 17 heavy (non-hydrogen) atoms. The SMILES string of the molecule is CC1(C)CNC2CN(c3ccccn3)CCC21. The number of piperidine rings is 1. The highest BCUT2D eigenvalue weighted by molar-refractivity contribution is 5.39. The Kier molecular flexibility index (Phi) is 2.58. The third kappa shape index (κ3) is 1.93. The van der Waals surface area contributed by atoms with Gasteiger partial charge in [0.1, 0.15) is 5.82 Å². The van der Waals surface area contributed by atoms with Crippen molar-refractivity contribution in [3.63, 3.8) is 0 Å². The lowest BCUT2D eigenvalue weighted by Crippen LogP contribution is -2.48. The zero-order valence-corrected chi connectivity index (χ0v) is 10.7. The molecule has 1 aromatic heterocycles. The molecule has 2 fully saturated rings. The lowest BCUT2D eigenvalue weighted by molar-refractivity contribution is 0.227. The second-order valence-electron chi connectivity index (χ2n) is 6.01. The van der Waals surface area contributed by atoms with Gasteiger partial charge in [-0.05, 0) is 29.9 Å². The lowest BCUT2D eigenvalue weighted by Gasteiger charge is -2.39. The first-order valence-electron chi connectivity index (χ1n) is 6.56. The smallest absolute Gasteiger partial charge is 0.128 e. The van der Waals surface area contributed by atoms with Crippen molar-refractivity contribution < 1.29 is 0 Å². The molecule has 3 rings (SSSR count). The van der Waals surface area contributed by atoms with E-state index in [1.54, 1.807) is 0 Å². The molecule has 1 aromatic rings. The lowest BCUT2D eigenvalue weighted by atomic mass is 9.75. The molecule has 1 N–H and O–H groups in total. The van der Waals surface area contributed by atoms with Crippen molar-refractivity contribution in [3.8, 4) is 0 Å². The molecule has 2 aliphatic rings. The Morgan fingerprint density at radius 2 is 2.29 bits per heavy atom. The molecule has 2 atom stereocenters. The summed E-state index contributed by atoms with van der Waals surface area (Å²) in [6.45, 7) is 8.18. The second-order valence-corrected chi connectivity index (χ2v) is 6.01. The minimum atomic E-state index is 0.459. The summed E-state index contributed by atoms with van der Waals surface area (Å²) in [4.78, 5) is 6.86. The molecular weight excluding hydrogens is 210 g/mol. The number of hydrogen-bond donors (Lipinski definition) is 1. The number of aromatic nitrogens is 1. The number of fused-ring (bicyclic) bond motifs is 1. The monoisotopic (exact) mass is 231 g/mol. The Bertz CT molecular complexity index is 388. The van der Waals surface area contributed by atoms with Crippen LogP contribution in [-0.4, -0.2) is 30.7 Å². The van der Waals surface area contributed by atoms with Crippen molar-refractivity contribution in [2.24, 2.45) is 11.3 Å². The molecule has 3 heteroatoms. The van der Waals surface area contributed by atoms with Crippen LogP contribution in [0.1, 0.15) is 20.3 Å². The van der Waals surface area contributed by atoms with E-state index in [9.17, 15) is 0 Å². The highest BCUT2D eigenvalue weighted by Gasteiger charge is 2.44. The largest absolute Gasteiger partial charge is 0.355 e. The van der Waals surface area contributed by atoms with Gasteiger partial charge in [0.15, 0.2) is 0 Å². The minimum absolute atomic E-state index is 0.459. The highest BCUT2D eigenvalue weighted by atomic mass is 15.2. The van der Waals surface area contributed by atoms with Crippen molar-refractivity contribution >= 4 is 5.82 Å². The maximum atomic E-state index is 4.45. The van der Waals surface area contributed by atoms with Gasteiger partial charge in [-0.15, -0.1) is 0 Å². The Labute approximate surface area is 103 Å². The van der Waals surface area contributed by atoms with Crippen LogP contribution < -0.4 is 10.2 Å². The maximum Gasteiger partial charge on any atom is 0.128 e. The van der Waals surface area contributed by atoms with E-state index in [0.29, 0.717) is 11.5 Å². The van der Waals surface area contributed by atoms with Crippen LogP contribution in [0.2, 0.25) is 0 Å².